The molecule has 6 nitrogen and oxygen atoms in total. The number of carbonyl (C=O) groups excluding carboxylic acids is 2. The third-order valence-corrected chi connectivity index (χ3v) is 6.57. The second-order valence-corrected chi connectivity index (χ2v) is 8.79. The number of aromatic nitrogens is 1. The molecule has 3 aromatic rings. The molecule has 0 atom stereocenters. The first-order valence-electron chi connectivity index (χ1n) is 10.3. The Morgan fingerprint density at radius 1 is 1.18 bits per heavy atom. The third-order valence-electron chi connectivity index (χ3n) is 5.10. The van der Waals surface area contributed by atoms with Crippen molar-refractivity contribution in [1.29, 1.82) is 0 Å². The van der Waals surface area contributed by atoms with Gasteiger partial charge in [0.1, 0.15) is 0 Å². The number of aryl methyl sites for hydroxylation is 1. The van der Waals surface area contributed by atoms with Gasteiger partial charge >= 0.3 is 5.97 Å². The maximum atomic E-state index is 12.9. The summed E-state index contributed by atoms with van der Waals surface area (Å²) < 4.78 is 6.98. The summed E-state index contributed by atoms with van der Waals surface area (Å²) in [6.45, 7) is 4.04. The number of likely N-dealkylation sites (N-methyl/N-ethyl adjacent to an activating group) is 1. The summed E-state index contributed by atoms with van der Waals surface area (Å²) >= 11 is 7.60. The first kappa shape index (κ1) is 22.9. The maximum Gasteiger partial charge on any atom is 0.338 e. The normalized spacial score (nSPS) is 16.1. The van der Waals surface area contributed by atoms with Crippen molar-refractivity contribution in [1.82, 2.24) is 9.47 Å². The van der Waals surface area contributed by atoms with Crippen LogP contribution in [-0.4, -0.2) is 40.2 Å². The predicted molar refractivity (Wildman–Crippen MR) is 133 cm³/mol. The van der Waals surface area contributed by atoms with E-state index in [2.05, 4.69) is 4.99 Å². The molecule has 0 spiro atoms. The first-order valence-corrected chi connectivity index (χ1v) is 11.5. The van der Waals surface area contributed by atoms with Crippen molar-refractivity contribution in [3.8, 4) is 5.69 Å². The molecule has 4 rings (SSSR count). The predicted octanol–water partition coefficient (Wildman–Crippen LogP) is 5.85. The van der Waals surface area contributed by atoms with Crippen LogP contribution < -0.4 is 0 Å². The van der Waals surface area contributed by atoms with Crippen molar-refractivity contribution in [2.75, 3.05) is 13.7 Å². The molecule has 1 aliphatic heterocycles. The lowest BCUT2D eigenvalue weighted by Crippen LogP contribution is -2.23. The number of amidine groups is 1. The molecule has 2 heterocycles. The van der Waals surface area contributed by atoms with E-state index in [0.29, 0.717) is 33.0 Å². The minimum absolute atomic E-state index is 0.128. The van der Waals surface area contributed by atoms with Crippen LogP contribution in [0.25, 0.3) is 11.8 Å². The third kappa shape index (κ3) is 4.89. The highest BCUT2D eigenvalue weighted by Crippen LogP contribution is 2.34. The number of carbonyl (C=O) groups is 2. The Morgan fingerprint density at radius 3 is 2.64 bits per heavy atom. The summed E-state index contributed by atoms with van der Waals surface area (Å²) in [6.07, 6.45) is 3.78. The lowest BCUT2D eigenvalue weighted by molar-refractivity contribution is -0.121. The SMILES string of the molecule is CCOC(=O)c1ccc(N=C2S/C(=C\c3cccn3-c3ccc(C)c(Cl)c3)C(=O)N2C)cc1. The number of hydrogen-bond acceptors (Lipinski definition) is 5. The quantitative estimate of drug-likeness (QED) is 0.340. The number of hydrogen-bond donors (Lipinski definition) is 0. The second kappa shape index (κ2) is 9.68. The smallest absolute Gasteiger partial charge is 0.338 e. The highest BCUT2D eigenvalue weighted by atomic mass is 35.5. The van der Waals surface area contributed by atoms with Crippen LogP contribution in [0, 0.1) is 6.92 Å². The van der Waals surface area contributed by atoms with Gasteiger partial charge in [0.15, 0.2) is 5.17 Å². The molecule has 0 radical (unpaired) electrons. The van der Waals surface area contributed by atoms with Crippen LogP contribution >= 0.6 is 23.4 Å². The molecular weight excluding hydrogens is 458 g/mol. The Hall–Kier alpha value is -3.29. The Morgan fingerprint density at radius 2 is 1.94 bits per heavy atom. The molecule has 8 heteroatoms. The number of ether oxygens (including phenoxy) is 1. The largest absolute Gasteiger partial charge is 0.462 e. The molecule has 0 bridgehead atoms. The lowest BCUT2D eigenvalue weighted by Gasteiger charge is -2.09. The Bertz CT molecular complexity index is 1280. The van der Waals surface area contributed by atoms with Crippen LogP contribution in [-0.2, 0) is 9.53 Å². The van der Waals surface area contributed by atoms with E-state index in [1.54, 1.807) is 38.2 Å². The van der Waals surface area contributed by atoms with Crippen LogP contribution in [0.15, 0.2) is 70.7 Å². The van der Waals surface area contributed by atoms with Crippen LogP contribution in [0.2, 0.25) is 5.02 Å². The number of halogens is 1. The minimum Gasteiger partial charge on any atom is -0.462 e. The number of benzene rings is 2. The van der Waals surface area contributed by atoms with Gasteiger partial charge in [-0.1, -0.05) is 17.7 Å². The fourth-order valence-electron chi connectivity index (χ4n) is 3.26. The van der Waals surface area contributed by atoms with Crippen LogP contribution in [0.3, 0.4) is 0 Å². The second-order valence-electron chi connectivity index (χ2n) is 7.37. The van der Waals surface area contributed by atoms with Gasteiger partial charge in [0, 0.05) is 29.6 Å². The fraction of sp³-hybridized carbons (Fsp3) is 0.160. The van der Waals surface area contributed by atoms with E-state index in [1.165, 1.54) is 16.7 Å². The molecule has 1 amide bonds. The molecule has 1 aliphatic rings. The lowest BCUT2D eigenvalue weighted by atomic mass is 10.2. The van der Waals surface area contributed by atoms with E-state index in [9.17, 15) is 9.59 Å². The number of rotatable bonds is 5. The number of amides is 1. The highest BCUT2D eigenvalue weighted by molar-refractivity contribution is 8.18. The molecule has 2 aromatic carbocycles. The monoisotopic (exact) mass is 479 g/mol. The number of thioether (sulfide) groups is 1. The summed E-state index contributed by atoms with van der Waals surface area (Å²) in [7, 11) is 1.70. The Balaban J connectivity index is 1.58. The van der Waals surface area contributed by atoms with E-state index in [0.717, 1.165) is 16.9 Å². The standard InChI is InChI=1S/C25H22ClN3O3S/c1-4-32-24(31)17-8-10-18(11-9-17)27-25-28(3)23(30)22(33-25)15-19-6-5-13-29(19)20-12-7-16(2)21(26)14-20/h5-15H,4H2,1-3H3/b22-15-,27-25?. The summed E-state index contributed by atoms with van der Waals surface area (Å²) in [5.74, 6) is -0.501. The number of esters is 1. The molecule has 1 saturated heterocycles. The summed E-state index contributed by atoms with van der Waals surface area (Å²) in [5.41, 5.74) is 3.89. The van der Waals surface area contributed by atoms with Crippen molar-refractivity contribution in [3.05, 3.63) is 87.5 Å². The van der Waals surface area contributed by atoms with E-state index in [-0.39, 0.29) is 11.9 Å². The zero-order chi connectivity index (χ0) is 23.5. The topological polar surface area (TPSA) is 63.9 Å². The molecule has 0 saturated carbocycles. The average molecular weight is 480 g/mol. The minimum atomic E-state index is -0.373. The molecule has 168 valence electrons. The molecule has 0 unspecified atom stereocenters. The van der Waals surface area contributed by atoms with Crippen molar-refractivity contribution in [2.45, 2.75) is 13.8 Å². The van der Waals surface area contributed by atoms with Crippen LogP contribution in [0.4, 0.5) is 5.69 Å². The summed E-state index contributed by atoms with van der Waals surface area (Å²) in [5, 5.41) is 1.25. The van der Waals surface area contributed by atoms with E-state index >= 15 is 0 Å². The van der Waals surface area contributed by atoms with Gasteiger partial charge in [-0.15, -0.1) is 0 Å². The molecule has 0 N–H and O–H groups in total. The van der Waals surface area contributed by atoms with Crippen molar-refractivity contribution in [3.63, 3.8) is 0 Å². The van der Waals surface area contributed by atoms with Gasteiger partial charge in [-0.25, -0.2) is 9.79 Å². The fourth-order valence-corrected chi connectivity index (χ4v) is 4.41. The maximum absolute atomic E-state index is 12.9. The van der Waals surface area contributed by atoms with E-state index in [1.807, 2.05) is 54.1 Å². The highest BCUT2D eigenvalue weighted by Gasteiger charge is 2.30. The van der Waals surface area contributed by atoms with Gasteiger partial charge in [0.05, 0.1) is 22.8 Å². The first-order chi connectivity index (χ1) is 15.9. The summed E-state index contributed by atoms with van der Waals surface area (Å²) in [4.78, 5) is 31.4. The van der Waals surface area contributed by atoms with Gasteiger partial charge in [0.2, 0.25) is 0 Å². The molecule has 1 fully saturated rings. The summed E-state index contributed by atoms with van der Waals surface area (Å²) in [6, 6.07) is 16.5. The van der Waals surface area contributed by atoms with Gasteiger partial charge in [-0.2, -0.15) is 0 Å². The van der Waals surface area contributed by atoms with Gasteiger partial charge in [-0.3, -0.25) is 9.69 Å². The van der Waals surface area contributed by atoms with Gasteiger partial charge in [-0.05, 0) is 85.8 Å². The molecule has 33 heavy (non-hydrogen) atoms. The molecule has 1 aromatic heterocycles. The molecular formula is C25H22ClN3O3S. The van der Waals surface area contributed by atoms with Crippen molar-refractivity contribution < 1.29 is 14.3 Å². The van der Waals surface area contributed by atoms with Crippen molar-refractivity contribution >= 4 is 52.2 Å². The number of nitrogens with zero attached hydrogens (tertiary/aromatic N) is 3. The van der Waals surface area contributed by atoms with Gasteiger partial charge in [0.25, 0.3) is 5.91 Å². The van der Waals surface area contributed by atoms with Crippen LogP contribution in [0.5, 0.6) is 0 Å². The zero-order valence-electron chi connectivity index (χ0n) is 18.4. The Kier molecular flexibility index (Phi) is 6.72. The number of aliphatic imine (C=N–C) groups is 1. The zero-order valence-corrected chi connectivity index (χ0v) is 20.0. The molecule has 0 aliphatic carbocycles. The average Bonchev–Trinajstić information content (AvgIpc) is 3.37. The van der Waals surface area contributed by atoms with Crippen LogP contribution in [0.1, 0.15) is 28.5 Å². The van der Waals surface area contributed by atoms with E-state index in [4.69, 9.17) is 16.3 Å². The van der Waals surface area contributed by atoms with Crippen molar-refractivity contribution in [2.24, 2.45) is 4.99 Å². The van der Waals surface area contributed by atoms with Gasteiger partial charge < -0.3 is 9.30 Å². The Labute approximate surface area is 201 Å². The van der Waals surface area contributed by atoms with E-state index < -0.39 is 0 Å².